The zero-order valence-corrected chi connectivity index (χ0v) is 13.4. The summed E-state index contributed by atoms with van der Waals surface area (Å²) in [5, 5.41) is 3.53. The number of nitrogens with zero attached hydrogens (tertiary/aromatic N) is 2. The van der Waals surface area contributed by atoms with Gasteiger partial charge in [0.2, 0.25) is 0 Å². The molecule has 1 fully saturated rings. The topological polar surface area (TPSA) is 37.4 Å². The van der Waals surface area contributed by atoms with E-state index in [2.05, 4.69) is 62.0 Å². The molecule has 1 saturated heterocycles. The largest absolute Gasteiger partial charge is 0.375 e. The first-order valence-electron chi connectivity index (χ1n) is 7.43. The van der Waals surface area contributed by atoms with Gasteiger partial charge in [-0.1, -0.05) is 0 Å². The van der Waals surface area contributed by atoms with Crippen LogP contribution < -0.4 is 10.2 Å². The van der Waals surface area contributed by atoms with E-state index in [4.69, 9.17) is 4.74 Å². The summed E-state index contributed by atoms with van der Waals surface area (Å²) in [5.41, 5.74) is 2.50. The van der Waals surface area contributed by atoms with Crippen molar-refractivity contribution in [3.05, 3.63) is 23.4 Å². The van der Waals surface area contributed by atoms with Gasteiger partial charge < -0.3 is 15.0 Å². The highest BCUT2D eigenvalue weighted by atomic mass is 16.5. The Bertz CT molecular complexity index is 454. The second kappa shape index (κ2) is 6.10. The van der Waals surface area contributed by atoms with Crippen LogP contribution in [0.4, 0.5) is 5.82 Å². The first-order chi connectivity index (χ1) is 9.33. The summed E-state index contributed by atoms with van der Waals surface area (Å²) in [6.07, 6.45) is 0.280. The maximum Gasteiger partial charge on any atom is 0.129 e. The summed E-state index contributed by atoms with van der Waals surface area (Å²) < 4.78 is 5.60. The molecule has 0 aromatic carbocycles. The minimum absolute atomic E-state index is 0.130. The predicted octanol–water partition coefficient (Wildman–Crippen LogP) is 2.50. The molecular weight excluding hydrogens is 250 g/mol. The Labute approximate surface area is 122 Å². The monoisotopic (exact) mass is 277 g/mol. The van der Waals surface area contributed by atoms with Crippen molar-refractivity contribution in [1.82, 2.24) is 10.3 Å². The summed E-state index contributed by atoms with van der Waals surface area (Å²) >= 11 is 0. The van der Waals surface area contributed by atoms with E-state index in [0.717, 1.165) is 37.8 Å². The summed E-state index contributed by atoms with van der Waals surface area (Å²) in [6.45, 7) is 14.2. The number of hydrogen-bond donors (Lipinski definition) is 1. The van der Waals surface area contributed by atoms with Crippen molar-refractivity contribution in [2.24, 2.45) is 0 Å². The fourth-order valence-corrected chi connectivity index (χ4v) is 2.38. The number of morpholine rings is 1. The van der Waals surface area contributed by atoms with E-state index in [9.17, 15) is 0 Å². The third-order valence-electron chi connectivity index (χ3n) is 3.39. The molecule has 1 aliphatic heterocycles. The van der Waals surface area contributed by atoms with Crippen molar-refractivity contribution in [2.75, 3.05) is 24.6 Å². The van der Waals surface area contributed by atoms with Gasteiger partial charge in [0.25, 0.3) is 0 Å². The van der Waals surface area contributed by atoms with Crippen molar-refractivity contribution in [1.29, 1.82) is 0 Å². The van der Waals surface area contributed by atoms with E-state index in [0.29, 0.717) is 0 Å². The average Bonchev–Trinajstić information content (AvgIpc) is 2.35. The molecule has 0 aliphatic carbocycles. The number of hydrogen-bond acceptors (Lipinski definition) is 4. The van der Waals surface area contributed by atoms with Gasteiger partial charge in [-0.2, -0.15) is 0 Å². The lowest BCUT2D eigenvalue weighted by molar-refractivity contribution is 0.0529. The highest BCUT2D eigenvalue weighted by Gasteiger charge is 2.18. The Kier molecular flexibility index (Phi) is 4.66. The van der Waals surface area contributed by atoms with Crippen LogP contribution in [0.25, 0.3) is 0 Å². The standard InChI is InChI=1S/C16H27N3O/c1-12-8-14(10-17-16(3,4)5)9-15(18-12)19-6-7-20-13(2)11-19/h8-9,13,17H,6-7,10-11H2,1-5H3. The minimum Gasteiger partial charge on any atom is -0.375 e. The molecule has 2 heterocycles. The molecule has 0 amide bonds. The summed E-state index contributed by atoms with van der Waals surface area (Å²) in [7, 11) is 0. The molecule has 0 bridgehead atoms. The maximum atomic E-state index is 5.60. The molecule has 1 aromatic heterocycles. The Morgan fingerprint density at radius 2 is 2.15 bits per heavy atom. The second-order valence-electron chi connectivity index (χ2n) is 6.71. The van der Waals surface area contributed by atoms with E-state index in [1.807, 2.05) is 0 Å². The van der Waals surface area contributed by atoms with Crippen molar-refractivity contribution >= 4 is 5.82 Å². The van der Waals surface area contributed by atoms with E-state index in [1.54, 1.807) is 0 Å². The lowest BCUT2D eigenvalue weighted by atomic mass is 10.1. The number of nitrogens with one attached hydrogen (secondary N) is 1. The van der Waals surface area contributed by atoms with Gasteiger partial charge in [0.1, 0.15) is 5.82 Å². The molecule has 1 atom stereocenters. The molecule has 20 heavy (non-hydrogen) atoms. The zero-order chi connectivity index (χ0) is 14.8. The van der Waals surface area contributed by atoms with E-state index in [1.165, 1.54) is 5.56 Å². The Morgan fingerprint density at radius 1 is 1.40 bits per heavy atom. The van der Waals surface area contributed by atoms with Crippen molar-refractivity contribution in [3.8, 4) is 0 Å². The molecule has 1 N–H and O–H groups in total. The molecule has 1 aromatic rings. The maximum absolute atomic E-state index is 5.60. The quantitative estimate of drug-likeness (QED) is 0.921. The van der Waals surface area contributed by atoms with Crippen LogP contribution in [-0.2, 0) is 11.3 Å². The van der Waals surface area contributed by atoms with Crippen molar-refractivity contribution < 1.29 is 4.74 Å². The van der Waals surface area contributed by atoms with Crippen molar-refractivity contribution in [3.63, 3.8) is 0 Å². The van der Waals surface area contributed by atoms with Gasteiger partial charge in [0.15, 0.2) is 0 Å². The Hall–Kier alpha value is -1.13. The van der Waals surface area contributed by atoms with E-state index < -0.39 is 0 Å². The number of rotatable bonds is 3. The lowest BCUT2D eigenvalue weighted by Gasteiger charge is -2.32. The Morgan fingerprint density at radius 3 is 2.80 bits per heavy atom. The molecule has 1 unspecified atom stereocenters. The molecule has 0 spiro atoms. The number of pyridine rings is 1. The Balaban J connectivity index is 2.11. The first kappa shape index (κ1) is 15.3. The van der Waals surface area contributed by atoms with Gasteiger partial charge in [0, 0.05) is 30.9 Å². The van der Waals surface area contributed by atoms with Crippen LogP contribution in [0.1, 0.15) is 39.0 Å². The fraction of sp³-hybridized carbons (Fsp3) is 0.688. The van der Waals surface area contributed by atoms with Gasteiger partial charge in [0.05, 0.1) is 12.7 Å². The number of aryl methyl sites for hydroxylation is 1. The molecule has 0 saturated carbocycles. The molecule has 4 nitrogen and oxygen atoms in total. The van der Waals surface area contributed by atoms with Gasteiger partial charge >= 0.3 is 0 Å². The smallest absolute Gasteiger partial charge is 0.129 e. The fourth-order valence-electron chi connectivity index (χ4n) is 2.38. The SMILES string of the molecule is Cc1cc(CNC(C)(C)C)cc(N2CCOC(C)C2)n1. The predicted molar refractivity (Wildman–Crippen MR) is 83.2 cm³/mol. The molecular formula is C16H27N3O. The summed E-state index contributed by atoms with van der Waals surface area (Å²) in [5.74, 6) is 1.07. The summed E-state index contributed by atoms with van der Waals surface area (Å²) in [6, 6.07) is 4.36. The highest BCUT2D eigenvalue weighted by Crippen LogP contribution is 2.18. The minimum atomic E-state index is 0.130. The molecule has 112 valence electrons. The lowest BCUT2D eigenvalue weighted by Crippen LogP contribution is -2.41. The average molecular weight is 277 g/mol. The van der Waals surface area contributed by atoms with Crippen molar-refractivity contribution in [2.45, 2.75) is 52.8 Å². The third kappa shape index (κ3) is 4.46. The van der Waals surface area contributed by atoms with Gasteiger partial charge in [-0.25, -0.2) is 4.98 Å². The van der Waals surface area contributed by atoms with E-state index >= 15 is 0 Å². The molecule has 1 aliphatic rings. The van der Waals surface area contributed by atoms with Crippen LogP contribution in [0.5, 0.6) is 0 Å². The number of aromatic nitrogens is 1. The van der Waals surface area contributed by atoms with Crippen LogP contribution in [0.3, 0.4) is 0 Å². The second-order valence-corrected chi connectivity index (χ2v) is 6.71. The summed E-state index contributed by atoms with van der Waals surface area (Å²) in [4.78, 5) is 7.00. The molecule has 0 radical (unpaired) electrons. The number of ether oxygens (including phenoxy) is 1. The molecule has 2 rings (SSSR count). The molecule has 4 heteroatoms. The number of anilines is 1. The highest BCUT2D eigenvalue weighted by molar-refractivity contribution is 5.43. The van der Waals surface area contributed by atoms with Crippen LogP contribution in [0.2, 0.25) is 0 Å². The zero-order valence-electron chi connectivity index (χ0n) is 13.4. The van der Waals surface area contributed by atoms with Gasteiger partial charge in [-0.05, 0) is 52.3 Å². The first-order valence-corrected chi connectivity index (χ1v) is 7.43. The normalized spacial score (nSPS) is 20.2. The van der Waals surface area contributed by atoms with Crippen LogP contribution in [-0.4, -0.2) is 36.3 Å². The van der Waals surface area contributed by atoms with E-state index in [-0.39, 0.29) is 11.6 Å². The van der Waals surface area contributed by atoms with Crippen LogP contribution in [0.15, 0.2) is 12.1 Å². The van der Waals surface area contributed by atoms with Gasteiger partial charge in [-0.3, -0.25) is 0 Å². The van der Waals surface area contributed by atoms with Crippen LogP contribution >= 0.6 is 0 Å². The third-order valence-corrected chi connectivity index (χ3v) is 3.39. The van der Waals surface area contributed by atoms with Crippen LogP contribution in [0, 0.1) is 6.92 Å². The van der Waals surface area contributed by atoms with Gasteiger partial charge in [-0.15, -0.1) is 0 Å².